The van der Waals surface area contributed by atoms with Gasteiger partial charge in [0, 0.05) is 26.1 Å². The highest BCUT2D eigenvalue weighted by molar-refractivity contribution is 5.90. The molecule has 0 aromatic carbocycles. The number of amides is 1. The molecule has 1 aliphatic carbocycles. The van der Waals surface area contributed by atoms with Gasteiger partial charge in [-0.15, -0.1) is 5.10 Å². The number of hydrogen-bond acceptors (Lipinski definition) is 5. The molecule has 0 radical (unpaired) electrons. The highest BCUT2D eigenvalue weighted by atomic mass is 16.5. The number of fused-ring (bicyclic) bond motifs is 1. The van der Waals surface area contributed by atoms with Crippen LogP contribution in [0.25, 0.3) is 0 Å². The second kappa shape index (κ2) is 5.53. The number of carbonyl (C=O) groups is 1. The molecule has 1 saturated carbocycles. The average Bonchev–Trinajstić information content (AvgIpc) is 3.11. The third-order valence-corrected chi connectivity index (χ3v) is 5.31. The minimum Gasteiger partial charge on any atom is -0.467 e. The number of likely N-dealkylation sites (tertiary alicyclic amines) is 1. The summed E-state index contributed by atoms with van der Waals surface area (Å²) in [5.41, 5.74) is -0.632. The molecule has 1 aliphatic heterocycles. The van der Waals surface area contributed by atoms with Gasteiger partial charge in [-0.2, -0.15) is 4.98 Å². The maximum absolute atomic E-state index is 12.6. The van der Waals surface area contributed by atoms with Gasteiger partial charge < -0.3 is 14.7 Å². The lowest BCUT2D eigenvalue weighted by Crippen LogP contribution is -2.44. The Hall–Kier alpha value is -1.63. The van der Waals surface area contributed by atoms with E-state index in [0.717, 1.165) is 25.7 Å². The van der Waals surface area contributed by atoms with E-state index in [-0.39, 0.29) is 17.6 Å². The summed E-state index contributed by atoms with van der Waals surface area (Å²) in [4.78, 5) is 18.5. The molecule has 7 nitrogen and oxygen atoms in total. The van der Waals surface area contributed by atoms with E-state index >= 15 is 0 Å². The summed E-state index contributed by atoms with van der Waals surface area (Å²) in [7, 11) is 3.20. The summed E-state index contributed by atoms with van der Waals surface area (Å²) < 4.78 is 6.52. The molecule has 0 spiro atoms. The maximum Gasteiger partial charge on any atom is 0.314 e. The van der Waals surface area contributed by atoms with Crippen LogP contribution in [0.4, 0.5) is 0 Å². The second-order valence-corrected chi connectivity index (χ2v) is 6.47. The first-order valence-electron chi connectivity index (χ1n) is 7.95. The summed E-state index contributed by atoms with van der Waals surface area (Å²) >= 11 is 0. The molecule has 3 rings (SSSR count). The van der Waals surface area contributed by atoms with Gasteiger partial charge in [-0.1, -0.05) is 13.3 Å². The van der Waals surface area contributed by atoms with E-state index in [1.807, 2.05) is 6.92 Å². The van der Waals surface area contributed by atoms with Crippen molar-refractivity contribution in [2.45, 2.75) is 38.2 Å². The van der Waals surface area contributed by atoms with Crippen LogP contribution in [0.3, 0.4) is 0 Å². The van der Waals surface area contributed by atoms with Gasteiger partial charge in [0.2, 0.25) is 5.82 Å². The molecule has 2 aliphatic rings. The Labute approximate surface area is 130 Å². The lowest BCUT2D eigenvalue weighted by molar-refractivity contribution is -0.0609. The molecule has 0 unspecified atom stereocenters. The van der Waals surface area contributed by atoms with E-state index < -0.39 is 5.60 Å². The smallest absolute Gasteiger partial charge is 0.314 e. The van der Waals surface area contributed by atoms with Crippen molar-refractivity contribution >= 4 is 5.91 Å². The van der Waals surface area contributed by atoms with E-state index in [9.17, 15) is 9.90 Å². The highest BCUT2D eigenvalue weighted by Gasteiger charge is 2.49. The van der Waals surface area contributed by atoms with Gasteiger partial charge >= 0.3 is 6.01 Å². The molecule has 1 aromatic rings. The van der Waals surface area contributed by atoms with Crippen molar-refractivity contribution in [2.75, 3.05) is 20.2 Å². The third kappa shape index (κ3) is 2.37. The molecule has 22 heavy (non-hydrogen) atoms. The molecule has 2 fully saturated rings. The molecule has 1 saturated heterocycles. The molecule has 2 heterocycles. The van der Waals surface area contributed by atoms with Crippen molar-refractivity contribution in [2.24, 2.45) is 18.9 Å². The van der Waals surface area contributed by atoms with Crippen LogP contribution in [0.15, 0.2) is 0 Å². The molecule has 0 bridgehead atoms. The van der Waals surface area contributed by atoms with Gasteiger partial charge in [0.1, 0.15) is 0 Å². The molecule has 1 N–H and O–H groups in total. The van der Waals surface area contributed by atoms with Gasteiger partial charge in [0.15, 0.2) is 0 Å². The summed E-state index contributed by atoms with van der Waals surface area (Å²) in [5.74, 6) is 0.541. The van der Waals surface area contributed by atoms with Gasteiger partial charge in [0.25, 0.3) is 5.91 Å². The first kappa shape index (κ1) is 15.3. The van der Waals surface area contributed by atoms with E-state index in [4.69, 9.17) is 4.74 Å². The van der Waals surface area contributed by atoms with Crippen molar-refractivity contribution in [3.8, 4) is 6.01 Å². The van der Waals surface area contributed by atoms with E-state index in [0.29, 0.717) is 25.0 Å². The predicted octanol–water partition coefficient (Wildman–Crippen LogP) is 0.837. The minimum atomic E-state index is -0.632. The third-order valence-electron chi connectivity index (χ3n) is 5.31. The fourth-order valence-corrected chi connectivity index (χ4v) is 4.01. The van der Waals surface area contributed by atoms with Crippen LogP contribution in [0.1, 0.15) is 43.2 Å². The standard InChI is InChI=1S/C15H24N4O3/c1-4-15(21)7-5-6-10-8-19(9-11(10)15)13(20)12-16-14(22-3)18(2)17-12/h10-11,21H,4-9H2,1-3H3/t10-,11+,15-/m0/s1. The Morgan fingerprint density at radius 1 is 1.50 bits per heavy atom. The quantitative estimate of drug-likeness (QED) is 0.895. The predicted molar refractivity (Wildman–Crippen MR) is 79.5 cm³/mol. The summed E-state index contributed by atoms with van der Waals surface area (Å²) in [6.07, 6.45) is 3.69. The van der Waals surface area contributed by atoms with E-state index in [1.54, 1.807) is 11.9 Å². The van der Waals surface area contributed by atoms with Crippen molar-refractivity contribution in [1.29, 1.82) is 0 Å². The maximum atomic E-state index is 12.6. The normalized spacial score (nSPS) is 31.2. The number of methoxy groups -OCH3 is 1. The van der Waals surface area contributed by atoms with E-state index in [1.165, 1.54) is 11.8 Å². The monoisotopic (exact) mass is 308 g/mol. The molecular formula is C15H24N4O3. The van der Waals surface area contributed by atoms with E-state index in [2.05, 4.69) is 10.1 Å². The number of ether oxygens (including phenoxy) is 1. The summed E-state index contributed by atoms with van der Waals surface area (Å²) in [6, 6.07) is 0.324. The summed E-state index contributed by atoms with van der Waals surface area (Å²) in [6.45, 7) is 3.30. The highest BCUT2D eigenvalue weighted by Crippen LogP contribution is 2.44. The zero-order valence-electron chi connectivity index (χ0n) is 13.4. The SMILES string of the molecule is CC[C@]1(O)CCC[C@H]2CN(C(=O)c3nc(OC)n(C)n3)C[C@H]21. The Bertz CT molecular complexity index is 573. The molecule has 122 valence electrons. The van der Waals surface area contributed by atoms with Gasteiger partial charge in [-0.05, 0) is 25.2 Å². The van der Waals surface area contributed by atoms with Crippen LogP contribution >= 0.6 is 0 Å². The van der Waals surface area contributed by atoms with Gasteiger partial charge in [0.05, 0.1) is 12.7 Å². The molecule has 3 atom stereocenters. The first-order valence-corrected chi connectivity index (χ1v) is 7.95. The van der Waals surface area contributed by atoms with Crippen LogP contribution in [0.5, 0.6) is 6.01 Å². The Morgan fingerprint density at radius 2 is 2.27 bits per heavy atom. The fourth-order valence-electron chi connectivity index (χ4n) is 4.01. The van der Waals surface area contributed by atoms with Crippen molar-refractivity contribution < 1.29 is 14.6 Å². The Balaban J connectivity index is 1.78. The number of aromatic nitrogens is 3. The van der Waals surface area contributed by atoms with Crippen LogP contribution in [0.2, 0.25) is 0 Å². The largest absolute Gasteiger partial charge is 0.467 e. The number of nitrogens with zero attached hydrogens (tertiary/aromatic N) is 4. The second-order valence-electron chi connectivity index (χ2n) is 6.47. The molecule has 1 amide bonds. The average molecular weight is 308 g/mol. The minimum absolute atomic E-state index is 0.165. The van der Waals surface area contributed by atoms with Crippen LogP contribution in [-0.4, -0.2) is 56.5 Å². The van der Waals surface area contributed by atoms with Crippen molar-refractivity contribution in [3.63, 3.8) is 0 Å². The van der Waals surface area contributed by atoms with Crippen LogP contribution < -0.4 is 4.74 Å². The lowest BCUT2D eigenvalue weighted by atomic mass is 9.69. The Kier molecular flexibility index (Phi) is 3.84. The molecule has 1 aromatic heterocycles. The lowest BCUT2D eigenvalue weighted by Gasteiger charge is -2.40. The zero-order valence-corrected chi connectivity index (χ0v) is 13.4. The fraction of sp³-hybridized carbons (Fsp3) is 0.800. The first-order chi connectivity index (χ1) is 10.5. The number of hydrogen-bond donors (Lipinski definition) is 1. The number of carbonyl (C=O) groups excluding carboxylic acids is 1. The van der Waals surface area contributed by atoms with Crippen molar-refractivity contribution in [1.82, 2.24) is 19.7 Å². The van der Waals surface area contributed by atoms with Gasteiger partial charge in [-0.3, -0.25) is 4.79 Å². The summed E-state index contributed by atoms with van der Waals surface area (Å²) in [5, 5.41) is 14.9. The van der Waals surface area contributed by atoms with Gasteiger partial charge in [-0.25, -0.2) is 4.68 Å². The number of rotatable bonds is 3. The topological polar surface area (TPSA) is 80.5 Å². The number of aryl methyl sites for hydroxylation is 1. The molecular weight excluding hydrogens is 284 g/mol. The number of aliphatic hydroxyl groups is 1. The van der Waals surface area contributed by atoms with Crippen LogP contribution in [-0.2, 0) is 7.05 Å². The molecule has 7 heteroatoms. The zero-order chi connectivity index (χ0) is 15.9. The van der Waals surface area contributed by atoms with Crippen LogP contribution in [0, 0.1) is 11.8 Å². The Morgan fingerprint density at radius 3 is 2.91 bits per heavy atom. The van der Waals surface area contributed by atoms with Crippen molar-refractivity contribution in [3.05, 3.63) is 5.82 Å².